The predicted molar refractivity (Wildman–Crippen MR) is 109 cm³/mol. The second-order valence-electron chi connectivity index (χ2n) is 7.58. The average Bonchev–Trinajstić information content (AvgIpc) is 3.24. The summed E-state index contributed by atoms with van der Waals surface area (Å²) in [5.41, 5.74) is 1.01. The summed E-state index contributed by atoms with van der Waals surface area (Å²) in [7, 11) is 0. The third-order valence-corrected chi connectivity index (χ3v) is 4.94. The van der Waals surface area contributed by atoms with Crippen molar-refractivity contribution in [1.29, 1.82) is 0 Å². The van der Waals surface area contributed by atoms with Gasteiger partial charge in [-0.05, 0) is 51.0 Å². The van der Waals surface area contributed by atoms with Crippen molar-refractivity contribution in [2.75, 3.05) is 18.0 Å². The third kappa shape index (κ3) is 4.32. The molecule has 1 aliphatic rings. The van der Waals surface area contributed by atoms with Crippen molar-refractivity contribution in [3.63, 3.8) is 0 Å². The van der Waals surface area contributed by atoms with Crippen LogP contribution in [0, 0.1) is 5.82 Å². The number of carbonyl (C=O) groups excluding carboxylic acids is 1. The number of hydrogen-bond donors (Lipinski definition) is 0. The van der Waals surface area contributed by atoms with Gasteiger partial charge in [0.2, 0.25) is 11.7 Å². The molecule has 8 heteroatoms. The molecule has 1 unspecified atom stereocenters. The summed E-state index contributed by atoms with van der Waals surface area (Å²) in [4.78, 5) is 23.5. The minimum Gasteiger partial charge on any atom is -0.459 e. The second-order valence-corrected chi connectivity index (χ2v) is 7.58. The number of esters is 1. The van der Waals surface area contributed by atoms with Crippen LogP contribution in [0.25, 0.3) is 11.4 Å². The lowest BCUT2D eigenvalue weighted by Gasteiger charge is -2.32. The molecule has 2 aromatic heterocycles. The first-order valence-corrected chi connectivity index (χ1v) is 10.0. The first-order chi connectivity index (χ1) is 14.5. The Bertz CT molecular complexity index is 1040. The Hall–Kier alpha value is -3.29. The van der Waals surface area contributed by atoms with E-state index in [1.807, 2.05) is 13.8 Å². The summed E-state index contributed by atoms with van der Waals surface area (Å²) in [6.45, 7) is 4.98. The molecule has 0 amide bonds. The highest BCUT2D eigenvalue weighted by Gasteiger charge is 2.29. The van der Waals surface area contributed by atoms with Crippen LogP contribution in [0.15, 0.2) is 47.1 Å². The minimum atomic E-state index is -0.388. The van der Waals surface area contributed by atoms with E-state index in [-0.39, 0.29) is 23.8 Å². The van der Waals surface area contributed by atoms with Crippen molar-refractivity contribution >= 4 is 11.8 Å². The lowest BCUT2D eigenvalue weighted by Crippen LogP contribution is -2.36. The number of piperidine rings is 1. The van der Waals surface area contributed by atoms with E-state index in [0.717, 1.165) is 19.4 Å². The van der Waals surface area contributed by atoms with Gasteiger partial charge in [0.25, 0.3) is 0 Å². The average molecular weight is 410 g/mol. The zero-order valence-corrected chi connectivity index (χ0v) is 16.9. The van der Waals surface area contributed by atoms with Crippen molar-refractivity contribution in [3.8, 4) is 11.4 Å². The third-order valence-electron chi connectivity index (χ3n) is 4.94. The molecule has 0 bridgehead atoms. The molecular formula is C22H23FN4O3. The standard InChI is InChI=1S/C22H23FN4O3/c1-14(2)29-22(28)18-9-4-10-24-20(18)27-11-5-7-16(13-27)21-25-19(26-30-21)15-6-3-8-17(23)12-15/h3-4,6,8-10,12,14,16H,5,7,11,13H2,1-2H3. The molecule has 4 rings (SSSR count). The summed E-state index contributed by atoms with van der Waals surface area (Å²) >= 11 is 0. The molecule has 0 saturated carbocycles. The Labute approximate surface area is 173 Å². The molecule has 3 aromatic rings. The van der Waals surface area contributed by atoms with Gasteiger partial charge in [-0.2, -0.15) is 4.98 Å². The summed E-state index contributed by atoms with van der Waals surface area (Å²) in [5, 5.41) is 4.02. The van der Waals surface area contributed by atoms with Gasteiger partial charge >= 0.3 is 5.97 Å². The number of benzene rings is 1. The molecule has 1 aromatic carbocycles. The molecule has 30 heavy (non-hydrogen) atoms. The Morgan fingerprint density at radius 2 is 2.17 bits per heavy atom. The van der Waals surface area contributed by atoms with Crippen molar-refractivity contribution in [1.82, 2.24) is 15.1 Å². The molecule has 0 radical (unpaired) electrons. The molecule has 3 heterocycles. The zero-order chi connectivity index (χ0) is 21.1. The normalized spacial score (nSPS) is 16.7. The fraction of sp³-hybridized carbons (Fsp3) is 0.364. The molecule has 1 saturated heterocycles. The first kappa shape index (κ1) is 20.0. The number of carbonyl (C=O) groups is 1. The van der Waals surface area contributed by atoms with Crippen LogP contribution in [0.2, 0.25) is 0 Å². The number of anilines is 1. The van der Waals surface area contributed by atoms with Gasteiger partial charge in [0, 0.05) is 24.8 Å². The second kappa shape index (κ2) is 8.61. The molecule has 0 N–H and O–H groups in total. The Balaban J connectivity index is 1.54. The fourth-order valence-electron chi connectivity index (χ4n) is 3.60. The monoisotopic (exact) mass is 410 g/mol. The minimum absolute atomic E-state index is 0.00969. The number of ether oxygens (including phenoxy) is 1. The number of hydrogen-bond acceptors (Lipinski definition) is 7. The van der Waals surface area contributed by atoms with Gasteiger partial charge in [-0.3, -0.25) is 0 Å². The maximum atomic E-state index is 13.5. The number of rotatable bonds is 5. The van der Waals surface area contributed by atoms with Gasteiger partial charge in [0.1, 0.15) is 17.2 Å². The van der Waals surface area contributed by atoms with E-state index in [0.29, 0.717) is 35.2 Å². The quantitative estimate of drug-likeness (QED) is 0.583. The highest BCUT2D eigenvalue weighted by molar-refractivity contribution is 5.94. The molecule has 0 spiro atoms. The van der Waals surface area contributed by atoms with E-state index in [2.05, 4.69) is 20.0 Å². The van der Waals surface area contributed by atoms with Crippen LogP contribution >= 0.6 is 0 Å². The molecule has 156 valence electrons. The topological polar surface area (TPSA) is 81.4 Å². The number of halogens is 1. The van der Waals surface area contributed by atoms with E-state index in [1.165, 1.54) is 12.1 Å². The zero-order valence-electron chi connectivity index (χ0n) is 16.9. The fourth-order valence-corrected chi connectivity index (χ4v) is 3.60. The summed E-state index contributed by atoms with van der Waals surface area (Å²) < 4.78 is 24.4. The van der Waals surface area contributed by atoms with Gasteiger partial charge in [-0.25, -0.2) is 14.2 Å². The van der Waals surface area contributed by atoms with Crippen molar-refractivity contribution in [3.05, 3.63) is 59.9 Å². The highest BCUT2D eigenvalue weighted by atomic mass is 19.1. The van der Waals surface area contributed by atoms with E-state index in [9.17, 15) is 9.18 Å². The Kier molecular flexibility index (Phi) is 5.74. The molecule has 1 fully saturated rings. The number of aromatic nitrogens is 3. The van der Waals surface area contributed by atoms with E-state index in [4.69, 9.17) is 9.26 Å². The van der Waals surface area contributed by atoms with E-state index in [1.54, 1.807) is 30.5 Å². The maximum Gasteiger partial charge on any atom is 0.342 e. The van der Waals surface area contributed by atoms with Gasteiger partial charge in [-0.1, -0.05) is 17.3 Å². The molecule has 0 aliphatic carbocycles. The van der Waals surface area contributed by atoms with E-state index < -0.39 is 0 Å². The summed E-state index contributed by atoms with van der Waals surface area (Å²) in [6, 6.07) is 9.56. The van der Waals surface area contributed by atoms with Crippen LogP contribution in [0.5, 0.6) is 0 Å². The SMILES string of the molecule is CC(C)OC(=O)c1cccnc1N1CCCC(c2nc(-c3cccc(F)c3)no2)C1. The molecule has 1 aliphatic heterocycles. The summed E-state index contributed by atoms with van der Waals surface area (Å²) in [6.07, 6.45) is 3.22. The van der Waals surface area contributed by atoms with Crippen LogP contribution < -0.4 is 4.90 Å². The molecule has 7 nitrogen and oxygen atoms in total. The molecule has 1 atom stereocenters. The van der Waals surface area contributed by atoms with Crippen molar-refractivity contribution in [2.45, 2.75) is 38.7 Å². The van der Waals surface area contributed by atoms with Gasteiger partial charge in [-0.15, -0.1) is 0 Å². The predicted octanol–water partition coefficient (Wildman–Crippen LogP) is 4.22. The van der Waals surface area contributed by atoms with Crippen molar-refractivity contribution in [2.24, 2.45) is 0 Å². The van der Waals surface area contributed by atoms with Gasteiger partial charge < -0.3 is 14.2 Å². The first-order valence-electron chi connectivity index (χ1n) is 10.0. The number of pyridine rings is 1. The van der Waals surface area contributed by atoms with Crippen LogP contribution in [-0.2, 0) is 4.74 Å². The lowest BCUT2D eigenvalue weighted by atomic mass is 9.97. The molecular weight excluding hydrogens is 387 g/mol. The van der Waals surface area contributed by atoms with Gasteiger partial charge in [0.15, 0.2) is 0 Å². The van der Waals surface area contributed by atoms with Crippen LogP contribution in [0.3, 0.4) is 0 Å². The lowest BCUT2D eigenvalue weighted by molar-refractivity contribution is 0.0378. The Morgan fingerprint density at radius 3 is 2.97 bits per heavy atom. The van der Waals surface area contributed by atoms with Crippen LogP contribution in [0.1, 0.15) is 48.9 Å². The van der Waals surface area contributed by atoms with Crippen molar-refractivity contribution < 1.29 is 18.4 Å². The van der Waals surface area contributed by atoms with Gasteiger partial charge in [0.05, 0.1) is 12.0 Å². The van der Waals surface area contributed by atoms with Crippen LogP contribution in [-0.4, -0.2) is 40.3 Å². The Morgan fingerprint density at radius 1 is 1.30 bits per heavy atom. The largest absolute Gasteiger partial charge is 0.459 e. The summed E-state index contributed by atoms with van der Waals surface area (Å²) in [5.74, 6) is 0.712. The van der Waals surface area contributed by atoms with E-state index >= 15 is 0 Å². The smallest absolute Gasteiger partial charge is 0.342 e. The highest BCUT2D eigenvalue weighted by Crippen LogP contribution is 2.31. The number of nitrogens with zero attached hydrogens (tertiary/aromatic N) is 4. The maximum absolute atomic E-state index is 13.5. The van der Waals surface area contributed by atoms with Crippen LogP contribution in [0.4, 0.5) is 10.2 Å².